The third-order valence-electron chi connectivity index (χ3n) is 5.19. The van der Waals surface area contributed by atoms with Gasteiger partial charge >= 0.3 is 0 Å². The molecule has 0 bridgehead atoms. The number of fused-ring (bicyclic) bond motifs is 1. The molecule has 0 atom stereocenters. The number of benzene rings is 1. The van der Waals surface area contributed by atoms with Crippen LogP contribution in [0.3, 0.4) is 0 Å². The standard InChI is InChI=1S/C24H23N5O/c1-16-6-3-8-18(14-16)27-22-15-19(12-13-25-22)30-24-20-9-5-10-21(20)28-29(24)23-11-4-7-17(2)26-23/h3-4,6-8,11-15H,5,9-10H2,1-2H3,(H,25,27). The van der Waals surface area contributed by atoms with E-state index in [1.54, 1.807) is 6.20 Å². The number of ether oxygens (including phenoxy) is 1. The highest BCUT2D eigenvalue weighted by atomic mass is 16.5. The van der Waals surface area contributed by atoms with Crippen molar-refractivity contribution in [2.24, 2.45) is 0 Å². The third-order valence-corrected chi connectivity index (χ3v) is 5.19. The van der Waals surface area contributed by atoms with Gasteiger partial charge in [0.25, 0.3) is 0 Å². The summed E-state index contributed by atoms with van der Waals surface area (Å²) in [4.78, 5) is 9.07. The van der Waals surface area contributed by atoms with E-state index in [0.717, 1.165) is 53.9 Å². The lowest BCUT2D eigenvalue weighted by molar-refractivity contribution is 0.436. The Morgan fingerprint density at radius 1 is 1.00 bits per heavy atom. The monoisotopic (exact) mass is 397 g/mol. The van der Waals surface area contributed by atoms with Gasteiger partial charge in [0.1, 0.15) is 11.6 Å². The van der Waals surface area contributed by atoms with Crippen LogP contribution in [0.25, 0.3) is 5.82 Å². The zero-order valence-electron chi connectivity index (χ0n) is 17.1. The second-order valence-electron chi connectivity index (χ2n) is 7.61. The van der Waals surface area contributed by atoms with Crippen LogP contribution in [0.1, 0.15) is 28.9 Å². The van der Waals surface area contributed by atoms with Gasteiger partial charge < -0.3 is 10.1 Å². The van der Waals surface area contributed by atoms with E-state index in [1.807, 2.05) is 54.1 Å². The van der Waals surface area contributed by atoms with Crippen molar-refractivity contribution in [3.8, 4) is 17.4 Å². The summed E-state index contributed by atoms with van der Waals surface area (Å²) in [6, 6.07) is 17.9. The topological polar surface area (TPSA) is 64.9 Å². The molecule has 1 N–H and O–H groups in total. The minimum Gasteiger partial charge on any atom is -0.438 e. The van der Waals surface area contributed by atoms with Gasteiger partial charge in [0, 0.05) is 29.2 Å². The average Bonchev–Trinajstić information content (AvgIpc) is 3.31. The Morgan fingerprint density at radius 2 is 1.90 bits per heavy atom. The molecule has 0 amide bonds. The van der Waals surface area contributed by atoms with E-state index < -0.39 is 0 Å². The third kappa shape index (κ3) is 3.64. The maximum Gasteiger partial charge on any atom is 0.227 e. The summed E-state index contributed by atoms with van der Waals surface area (Å²) in [5.41, 5.74) is 5.40. The van der Waals surface area contributed by atoms with Gasteiger partial charge in [-0.3, -0.25) is 0 Å². The van der Waals surface area contributed by atoms with E-state index in [0.29, 0.717) is 5.75 Å². The van der Waals surface area contributed by atoms with Crippen molar-refractivity contribution in [2.45, 2.75) is 33.1 Å². The van der Waals surface area contributed by atoms with Crippen molar-refractivity contribution in [2.75, 3.05) is 5.32 Å². The molecule has 6 heteroatoms. The number of rotatable bonds is 5. The first kappa shape index (κ1) is 18.4. The number of pyridine rings is 2. The molecule has 0 saturated carbocycles. The van der Waals surface area contributed by atoms with Gasteiger partial charge in [0.15, 0.2) is 5.82 Å². The molecule has 3 heterocycles. The van der Waals surface area contributed by atoms with Crippen LogP contribution < -0.4 is 10.1 Å². The fraction of sp³-hybridized carbons (Fsp3) is 0.208. The molecule has 0 radical (unpaired) electrons. The first-order chi connectivity index (χ1) is 14.7. The quantitative estimate of drug-likeness (QED) is 0.495. The van der Waals surface area contributed by atoms with Gasteiger partial charge in [0.05, 0.1) is 5.69 Å². The Kier molecular flexibility index (Phi) is 4.67. The lowest BCUT2D eigenvalue weighted by Crippen LogP contribution is -2.04. The van der Waals surface area contributed by atoms with Gasteiger partial charge in [-0.2, -0.15) is 9.78 Å². The van der Waals surface area contributed by atoms with Crippen molar-refractivity contribution in [1.29, 1.82) is 0 Å². The summed E-state index contributed by atoms with van der Waals surface area (Å²) in [6.45, 7) is 4.05. The van der Waals surface area contributed by atoms with Gasteiger partial charge in [0.2, 0.25) is 5.88 Å². The number of anilines is 2. The Balaban J connectivity index is 1.48. The molecule has 6 nitrogen and oxygen atoms in total. The molecule has 0 spiro atoms. The van der Waals surface area contributed by atoms with Crippen molar-refractivity contribution >= 4 is 11.5 Å². The smallest absolute Gasteiger partial charge is 0.227 e. The maximum atomic E-state index is 6.37. The van der Waals surface area contributed by atoms with Crippen LogP contribution in [-0.4, -0.2) is 19.7 Å². The highest BCUT2D eigenvalue weighted by molar-refractivity contribution is 5.58. The summed E-state index contributed by atoms with van der Waals surface area (Å²) >= 11 is 0. The summed E-state index contributed by atoms with van der Waals surface area (Å²) in [5, 5.41) is 8.14. The van der Waals surface area contributed by atoms with Crippen molar-refractivity contribution in [3.05, 3.63) is 83.3 Å². The number of hydrogen-bond acceptors (Lipinski definition) is 5. The van der Waals surface area contributed by atoms with Gasteiger partial charge in [-0.1, -0.05) is 18.2 Å². The van der Waals surface area contributed by atoms with Crippen LogP contribution in [0.4, 0.5) is 11.5 Å². The van der Waals surface area contributed by atoms with Crippen molar-refractivity contribution in [1.82, 2.24) is 19.7 Å². The lowest BCUT2D eigenvalue weighted by atomic mass is 10.2. The van der Waals surface area contributed by atoms with Crippen LogP contribution in [-0.2, 0) is 12.8 Å². The van der Waals surface area contributed by atoms with Gasteiger partial charge in [-0.05, 0) is 69.0 Å². The molecule has 3 aromatic heterocycles. The summed E-state index contributed by atoms with van der Waals surface area (Å²) in [7, 11) is 0. The number of hydrogen-bond donors (Lipinski definition) is 1. The first-order valence-corrected chi connectivity index (χ1v) is 10.2. The second kappa shape index (κ2) is 7.63. The normalized spacial score (nSPS) is 12.6. The summed E-state index contributed by atoms with van der Waals surface area (Å²) in [6.07, 6.45) is 4.79. The fourth-order valence-corrected chi connectivity index (χ4v) is 3.79. The Labute approximate surface area is 175 Å². The first-order valence-electron chi connectivity index (χ1n) is 10.2. The molecule has 1 aromatic carbocycles. The zero-order valence-corrected chi connectivity index (χ0v) is 17.1. The average molecular weight is 397 g/mol. The van der Waals surface area contributed by atoms with E-state index in [1.165, 1.54) is 11.1 Å². The van der Waals surface area contributed by atoms with Crippen LogP contribution in [0, 0.1) is 13.8 Å². The molecule has 0 fully saturated rings. The molecule has 5 rings (SSSR count). The largest absolute Gasteiger partial charge is 0.438 e. The molecule has 4 aromatic rings. The maximum absolute atomic E-state index is 6.37. The molecule has 0 saturated heterocycles. The van der Waals surface area contributed by atoms with E-state index in [2.05, 4.69) is 34.3 Å². The molecule has 0 unspecified atom stereocenters. The minimum absolute atomic E-state index is 0.712. The molecule has 0 aliphatic heterocycles. The Bertz CT molecular complexity index is 1210. The number of aromatic nitrogens is 4. The fourth-order valence-electron chi connectivity index (χ4n) is 3.79. The van der Waals surface area contributed by atoms with Gasteiger partial charge in [-0.15, -0.1) is 0 Å². The highest BCUT2D eigenvalue weighted by Crippen LogP contribution is 2.35. The van der Waals surface area contributed by atoms with Gasteiger partial charge in [-0.25, -0.2) is 9.97 Å². The van der Waals surface area contributed by atoms with Crippen LogP contribution >= 0.6 is 0 Å². The number of aryl methyl sites for hydroxylation is 3. The van der Waals surface area contributed by atoms with E-state index in [9.17, 15) is 0 Å². The molecular weight excluding hydrogens is 374 g/mol. The van der Waals surface area contributed by atoms with Crippen LogP contribution in [0.2, 0.25) is 0 Å². The van der Waals surface area contributed by atoms with Crippen LogP contribution in [0.15, 0.2) is 60.8 Å². The summed E-state index contributed by atoms with van der Waals surface area (Å²) < 4.78 is 8.19. The van der Waals surface area contributed by atoms with Crippen molar-refractivity contribution < 1.29 is 4.74 Å². The Morgan fingerprint density at radius 3 is 2.77 bits per heavy atom. The summed E-state index contributed by atoms with van der Waals surface area (Å²) in [5.74, 6) is 2.96. The lowest BCUT2D eigenvalue weighted by Gasteiger charge is -2.12. The molecule has 1 aliphatic rings. The molecule has 1 aliphatic carbocycles. The van der Waals surface area contributed by atoms with E-state index >= 15 is 0 Å². The van der Waals surface area contributed by atoms with E-state index in [-0.39, 0.29) is 0 Å². The van der Waals surface area contributed by atoms with Crippen molar-refractivity contribution in [3.63, 3.8) is 0 Å². The predicted octanol–water partition coefficient (Wildman–Crippen LogP) is 5.30. The predicted molar refractivity (Wildman–Crippen MR) is 117 cm³/mol. The molecule has 150 valence electrons. The number of nitrogens with zero attached hydrogens (tertiary/aromatic N) is 4. The second-order valence-corrected chi connectivity index (χ2v) is 7.61. The zero-order chi connectivity index (χ0) is 20.5. The Hall–Kier alpha value is -3.67. The van der Waals surface area contributed by atoms with Crippen LogP contribution in [0.5, 0.6) is 11.6 Å². The SMILES string of the molecule is Cc1cccc(Nc2cc(Oc3c4c(nn3-c3cccc(C)n3)CCC4)ccn2)c1. The highest BCUT2D eigenvalue weighted by Gasteiger charge is 2.25. The minimum atomic E-state index is 0.712. The molecular formula is C24H23N5O. The molecule has 30 heavy (non-hydrogen) atoms. The number of nitrogens with one attached hydrogen (secondary N) is 1. The van der Waals surface area contributed by atoms with E-state index in [4.69, 9.17) is 9.84 Å².